The average Bonchev–Trinajstić information content (AvgIpc) is 2.93. The van der Waals surface area contributed by atoms with Crippen LogP contribution in [-0.4, -0.2) is 52.7 Å². The molecule has 0 fully saturated rings. The third-order valence-corrected chi connectivity index (χ3v) is 5.55. The number of allylic oxidation sites excluding steroid dienone is 1. The second-order valence-corrected chi connectivity index (χ2v) is 8.70. The van der Waals surface area contributed by atoms with Gasteiger partial charge >= 0.3 is 6.18 Å². The molecule has 3 aromatic rings. The highest BCUT2D eigenvalue weighted by molar-refractivity contribution is 6.14. The molecule has 4 N–H and O–H groups in total. The Balaban J connectivity index is 1.95. The van der Waals surface area contributed by atoms with Crippen LogP contribution in [0.15, 0.2) is 49.1 Å². The molecule has 2 aromatic heterocycles. The highest BCUT2D eigenvalue weighted by atomic mass is 19.4. The standard InChI is InChI=1S/C26H26F4N6O5/c1-13(11-37)7-14(2)34-22-21(25(41-4)33-12-32-22)24(39)36-19-10-31-20(40-3)9-16(19)23(38)35-15-5-6-18(27)17(8-15)26(28,29)30/h5-6,8-10,12-13,37H,2,7,11H2,1,3-4H3,(H,35,38)(H,36,39)(H,32,33,34). The summed E-state index contributed by atoms with van der Waals surface area (Å²) in [5.41, 5.74) is -2.04. The minimum atomic E-state index is -4.99. The molecule has 3 rings (SSSR count). The Morgan fingerprint density at radius 2 is 1.78 bits per heavy atom. The molecular weight excluding hydrogens is 552 g/mol. The number of nitrogens with zero attached hydrogens (tertiary/aromatic N) is 3. The highest BCUT2D eigenvalue weighted by Gasteiger charge is 2.34. The van der Waals surface area contributed by atoms with E-state index in [2.05, 4.69) is 37.5 Å². The van der Waals surface area contributed by atoms with Gasteiger partial charge in [0.25, 0.3) is 11.8 Å². The van der Waals surface area contributed by atoms with Gasteiger partial charge in [-0.05, 0) is 30.5 Å². The van der Waals surface area contributed by atoms with Crippen LogP contribution in [0, 0.1) is 11.7 Å². The molecule has 1 aromatic carbocycles. The second-order valence-electron chi connectivity index (χ2n) is 8.70. The minimum absolute atomic E-state index is 0.0166. The summed E-state index contributed by atoms with van der Waals surface area (Å²) in [7, 11) is 2.55. The Hall–Kier alpha value is -4.79. The Labute approximate surface area is 231 Å². The molecule has 1 unspecified atom stereocenters. The molecule has 15 heteroatoms. The summed E-state index contributed by atoms with van der Waals surface area (Å²) < 4.78 is 63.4. The van der Waals surface area contributed by atoms with Crippen molar-refractivity contribution in [3.8, 4) is 11.8 Å². The predicted molar refractivity (Wildman–Crippen MR) is 140 cm³/mol. The number of anilines is 3. The third kappa shape index (κ3) is 7.66. The van der Waals surface area contributed by atoms with Gasteiger partial charge in [-0.1, -0.05) is 13.5 Å². The smallest absolute Gasteiger partial charge is 0.419 e. The summed E-state index contributed by atoms with van der Waals surface area (Å²) in [4.78, 5) is 38.5. The molecular formula is C26H26F4N6O5. The molecule has 41 heavy (non-hydrogen) atoms. The van der Waals surface area contributed by atoms with Gasteiger partial charge < -0.3 is 30.5 Å². The molecule has 0 saturated heterocycles. The van der Waals surface area contributed by atoms with Crippen LogP contribution in [0.5, 0.6) is 11.8 Å². The van der Waals surface area contributed by atoms with Gasteiger partial charge in [0.05, 0.1) is 37.2 Å². The third-order valence-electron chi connectivity index (χ3n) is 5.55. The number of carbonyl (C=O) groups is 2. The molecule has 218 valence electrons. The zero-order chi connectivity index (χ0) is 30.3. The Morgan fingerprint density at radius 3 is 2.41 bits per heavy atom. The number of hydrogen-bond donors (Lipinski definition) is 4. The maximum atomic E-state index is 13.7. The van der Waals surface area contributed by atoms with Crippen molar-refractivity contribution in [3.63, 3.8) is 0 Å². The lowest BCUT2D eigenvalue weighted by atomic mass is 10.1. The number of carbonyl (C=O) groups excluding carboxylic acids is 2. The first-order valence-electron chi connectivity index (χ1n) is 11.9. The quantitative estimate of drug-likeness (QED) is 0.242. The van der Waals surface area contributed by atoms with Crippen LogP contribution >= 0.6 is 0 Å². The van der Waals surface area contributed by atoms with E-state index >= 15 is 0 Å². The van der Waals surface area contributed by atoms with Crippen LogP contribution in [-0.2, 0) is 6.18 Å². The number of halogens is 4. The summed E-state index contributed by atoms with van der Waals surface area (Å²) in [6.07, 6.45) is -2.39. The van der Waals surface area contributed by atoms with Crippen molar-refractivity contribution in [1.82, 2.24) is 15.0 Å². The van der Waals surface area contributed by atoms with Crippen molar-refractivity contribution in [2.24, 2.45) is 5.92 Å². The Morgan fingerprint density at radius 1 is 1.05 bits per heavy atom. The fraction of sp³-hybridized carbons (Fsp3) is 0.269. The number of methoxy groups -OCH3 is 2. The molecule has 0 aliphatic rings. The van der Waals surface area contributed by atoms with Gasteiger partial charge in [-0.3, -0.25) is 9.59 Å². The Kier molecular flexibility index (Phi) is 9.78. The van der Waals surface area contributed by atoms with Crippen LogP contribution in [0.4, 0.5) is 34.8 Å². The number of aliphatic hydroxyl groups excluding tert-OH is 1. The molecule has 11 nitrogen and oxygen atoms in total. The van der Waals surface area contributed by atoms with Gasteiger partial charge in [0, 0.05) is 24.1 Å². The molecule has 1 atom stereocenters. The highest BCUT2D eigenvalue weighted by Crippen LogP contribution is 2.33. The van der Waals surface area contributed by atoms with E-state index in [0.717, 1.165) is 24.7 Å². The fourth-order valence-electron chi connectivity index (χ4n) is 3.57. The lowest BCUT2D eigenvalue weighted by molar-refractivity contribution is -0.139. The summed E-state index contributed by atoms with van der Waals surface area (Å²) in [6, 6.07) is 3.11. The molecule has 0 spiro atoms. The monoisotopic (exact) mass is 578 g/mol. The largest absolute Gasteiger partial charge is 0.481 e. The predicted octanol–water partition coefficient (Wildman–Crippen LogP) is 4.50. The topological polar surface area (TPSA) is 148 Å². The van der Waals surface area contributed by atoms with E-state index in [9.17, 15) is 32.3 Å². The number of hydrogen-bond acceptors (Lipinski definition) is 9. The first-order valence-corrected chi connectivity index (χ1v) is 11.9. The van der Waals surface area contributed by atoms with E-state index in [-0.39, 0.29) is 52.6 Å². The minimum Gasteiger partial charge on any atom is -0.481 e. The van der Waals surface area contributed by atoms with E-state index in [1.165, 1.54) is 14.2 Å². The number of benzene rings is 1. The maximum Gasteiger partial charge on any atom is 0.419 e. The van der Waals surface area contributed by atoms with Crippen molar-refractivity contribution in [3.05, 3.63) is 71.6 Å². The van der Waals surface area contributed by atoms with Crippen LogP contribution in [0.3, 0.4) is 0 Å². The van der Waals surface area contributed by atoms with E-state index in [1.54, 1.807) is 6.92 Å². The van der Waals surface area contributed by atoms with Gasteiger partial charge in [-0.15, -0.1) is 0 Å². The van der Waals surface area contributed by atoms with Gasteiger partial charge in [0.1, 0.15) is 23.5 Å². The molecule has 2 heterocycles. The number of rotatable bonds is 11. The van der Waals surface area contributed by atoms with Crippen LogP contribution in [0.1, 0.15) is 39.6 Å². The SMILES string of the molecule is C=C(CC(C)CO)Nc1ncnc(OC)c1C(=O)Nc1cnc(OC)cc1C(=O)Nc1ccc(F)c(C(F)(F)F)c1. The molecule has 0 saturated carbocycles. The molecule has 2 amide bonds. The Bertz CT molecular complexity index is 1450. The van der Waals surface area contributed by atoms with E-state index in [1.807, 2.05) is 0 Å². The number of aliphatic hydroxyl groups is 1. The molecule has 0 aliphatic carbocycles. The summed E-state index contributed by atoms with van der Waals surface area (Å²) in [5, 5.41) is 17.0. The van der Waals surface area contributed by atoms with Gasteiger partial charge in [-0.2, -0.15) is 13.2 Å². The number of aromatic nitrogens is 3. The van der Waals surface area contributed by atoms with E-state index in [0.29, 0.717) is 24.3 Å². The summed E-state index contributed by atoms with van der Waals surface area (Å²) in [5.74, 6) is -3.58. The average molecular weight is 579 g/mol. The van der Waals surface area contributed by atoms with Crippen molar-refractivity contribution in [2.75, 3.05) is 36.8 Å². The number of nitrogens with one attached hydrogen (secondary N) is 3. The number of amides is 2. The maximum absolute atomic E-state index is 13.7. The second kappa shape index (κ2) is 13.0. The van der Waals surface area contributed by atoms with E-state index < -0.39 is 29.4 Å². The summed E-state index contributed by atoms with van der Waals surface area (Å²) >= 11 is 0. The van der Waals surface area contributed by atoms with Gasteiger partial charge in [0.2, 0.25) is 11.8 Å². The lowest BCUT2D eigenvalue weighted by Gasteiger charge is -2.17. The molecule has 0 radical (unpaired) electrons. The van der Waals surface area contributed by atoms with E-state index in [4.69, 9.17) is 9.47 Å². The zero-order valence-electron chi connectivity index (χ0n) is 22.1. The van der Waals surface area contributed by atoms with Crippen molar-refractivity contribution < 1.29 is 41.7 Å². The first-order chi connectivity index (χ1) is 19.4. The van der Waals surface area contributed by atoms with Crippen molar-refractivity contribution in [2.45, 2.75) is 19.5 Å². The normalized spacial score (nSPS) is 11.8. The lowest BCUT2D eigenvalue weighted by Crippen LogP contribution is -2.21. The zero-order valence-corrected chi connectivity index (χ0v) is 22.1. The van der Waals surface area contributed by atoms with Crippen LogP contribution < -0.4 is 25.4 Å². The van der Waals surface area contributed by atoms with Gasteiger partial charge in [0.15, 0.2) is 0 Å². The van der Waals surface area contributed by atoms with Gasteiger partial charge in [-0.25, -0.2) is 19.3 Å². The van der Waals surface area contributed by atoms with Crippen molar-refractivity contribution >= 4 is 29.0 Å². The molecule has 0 aliphatic heterocycles. The fourth-order valence-corrected chi connectivity index (χ4v) is 3.57. The van der Waals surface area contributed by atoms with Crippen LogP contribution in [0.25, 0.3) is 0 Å². The number of pyridine rings is 1. The first kappa shape index (κ1) is 30.7. The molecule has 0 bridgehead atoms. The van der Waals surface area contributed by atoms with Crippen molar-refractivity contribution in [1.29, 1.82) is 0 Å². The van der Waals surface area contributed by atoms with Crippen LogP contribution in [0.2, 0.25) is 0 Å². The number of alkyl halides is 3. The summed E-state index contributed by atoms with van der Waals surface area (Å²) in [6.45, 7) is 5.58. The number of ether oxygens (including phenoxy) is 2.